The van der Waals surface area contributed by atoms with Gasteiger partial charge < -0.3 is 19.4 Å². The Bertz CT molecular complexity index is 482. The number of carbonyl (C=O) groups is 1. The van der Waals surface area contributed by atoms with Crippen molar-refractivity contribution in [3.8, 4) is 17.2 Å². The number of benzene rings is 1. The average molecular weight is 253 g/mol. The van der Waals surface area contributed by atoms with Crippen molar-refractivity contribution < 1.29 is 24.2 Å². The van der Waals surface area contributed by atoms with Crippen molar-refractivity contribution in [3.63, 3.8) is 0 Å². The molecule has 1 aromatic rings. The quantitative estimate of drug-likeness (QED) is 0.374. The van der Waals surface area contributed by atoms with Gasteiger partial charge in [-0.15, -0.1) is 0 Å². The fourth-order valence-corrected chi connectivity index (χ4v) is 1.45. The largest absolute Gasteiger partial charge is 0.496 e. The molecule has 0 aromatic heterocycles. The van der Waals surface area contributed by atoms with E-state index in [4.69, 9.17) is 19.4 Å². The van der Waals surface area contributed by atoms with Crippen molar-refractivity contribution >= 4 is 11.5 Å². The molecule has 18 heavy (non-hydrogen) atoms. The van der Waals surface area contributed by atoms with Gasteiger partial charge in [-0.1, -0.05) is 5.16 Å². The number of rotatable bonds is 5. The average Bonchev–Trinajstić information content (AvgIpc) is 2.43. The fraction of sp³-hybridized carbons (Fsp3) is 0.333. The van der Waals surface area contributed by atoms with E-state index in [-0.39, 0.29) is 11.3 Å². The highest BCUT2D eigenvalue weighted by atomic mass is 16.5. The van der Waals surface area contributed by atoms with Crippen LogP contribution in [0.2, 0.25) is 0 Å². The normalized spacial score (nSPS) is 11.0. The molecular weight excluding hydrogens is 238 g/mol. The minimum Gasteiger partial charge on any atom is -0.496 e. The lowest BCUT2D eigenvalue weighted by Crippen LogP contribution is -2.12. The lowest BCUT2D eigenvalue weighted by molar-refractivity contribution is 0.105. The van der Waals surface area contributed by atoms with Gasteiger partial charge in [0.15, 0.2) is 11.5 Å². The molecular formula is C12H15NO5. The maximum absolute atomic E-state index is 12.0. The number of ether oxygens (including phenoxy) is 3. The number of hydrogen-bond donors (Lipinski definition) is 1. The van der Waals surface area contributed by atoms with Crippen LogP contribution in [0.5, 0.6) is 17.2 Å². The number of Topliss-reactive ketones (excluding diaryl/α,β-unsaturated/α-hetero) is 1. The van der Waals surface area contributed by atoms with Crippen LogP contribution in [0.4, 0.5) is 0 Å². The molecule has 0 saturated heterocycles. The maximum atomic E-state index is 12.0. The molecule has 0 amide bonds. The molecule has 1 N–H and O–H groups in total. The van der Waals surface area contributed by atoms with E-state index < -0.39 is 5.78 Å². The van der Waals surface area contributed by atoms with Gasteiger partial charge in [0.25, 0.3) is 0 Å². The summed E-state index contributed by atoms with van der Waals surface area (Å²) in [4.78, 5) is 12.0. The first-order valence-corrected chi connectivity index (χ1v) is 5.12. The van der Waals surface area contributed by atoms with Gasteiger partial charge in [0.05, 0.1) is 26.9 Å². The summed E-state index contributed by atoms with van der Waals surface area (Å²) >= 11 is 0. The zero-order chi connectivity index (χ0) is 13.7. The van der Waals surface area contributed by atoms with Crippen LogP contribution in [0.1, 0.15) is 17.3 Å². The van der Waals surface area contributed by atoms with Gasteiger partial charge in [0.1, 0.15) is 11.5 Å². The summed E-state index contributed by atoms with van der Waals surface area (Å²) in [5.74, 6) is 0.716. The predicted octanol–water partition coefficient (Wildman–Crippen LogP) is 1.75. The smallest absolute Gasteiger partial charge is 0.214 e. The second kappa shape index (κ2) is 5.90. The number of methoxy groups -OCH3 is 3. The Morgan fingerprint density at radius 3 is 2.00 bits per heavy atom. The van der Waals surface area contributed by atoms with Crippen molar-refractivity contribution in [2.75, 3.05) is 21.3 Å². The Morgan fingerprint density at radius 1 is 1.06 bits per heavy atom. The minimum absolute atomic E-state index is 0.0412. The minimum atomic E-state index is -0.449. The van der Waals surface area contributed by atoms with Gasteiger partial charge in [-0.3, -0.25) is 4.79 Å². The van der Waals surface area contributed by atoms with Crippen molar-refractivity contribution in [2.45, 2.75) is 6.92 Å². The van der Waals surface area contributed by atoms with Crippen LogP contribution < -0.4 is 14.2 Å². The summed E-state index contributed by atoms with van der Waals surface area (Å²) in [5.41, 5.74) is 0.200. The highest BCUT2D eigenvalue weighted by Gasteiger charge is 2.19. The number of hydrogen-bond acceptors (Lipinski definition) is 6. The van der Waals surface area contributed by atoms with Crippen LogP contribution in [0.25, 0.3) is 0 Å². The summed E-state index contributed by atoms with van der Waals surface area (Å²) in [6.07, 6.45) is 0. The molecule has 0 aliphatic heterocycles. The first kappa shape index (κ1) is 13.8. The van der Waals surface area contributed by atoms with Crippen LogP contribution in [0, 0.1) is 0 Å². The van der Waals surface area contributed by atoms with E-state index in [1.807, 2.05) is 0 Å². The molecule has 98 valence electrons. The molecule has 0 aliphatic carbocycles. The van der Waals surface area contributed by atoms with Crippen molar-refractivity contribution in [1.82, 2.24) is 0 Å². The first-order valence-electron chi connectivity index (χ1n) is 5.12. The summed E-state index contributed by atoms with van der Waals surface area (Å²) < 4.78 is 15.3. The molecule has 0 unspecified atom stereocenters. The van der Waals surface area contributed by atoms with E-state index in [1.165, 1.54) is 40.4 Å². The summed E-state index contributed by atoms with van der Waals surface area (Å²) in [6, 6.07) is 3.02. The van der Waals surface area contributed by atoms with Gasteiger partial charge in [-0.25, -0.2) is 0 Å². The van der Waals surface area contributed by atoms with Crippen molar-refractivity contribution in [2.24, 2.45) is 5.16 Å². The summed E-state index contributed by atoms with van der Waals surface area (Å²) in [6.45, 7) is 1.40. The number of oxime groups is 1. The van der Waals surface area contributed by atoms with E-state index in [2.05, 4.69) is 5.16 Å². The molecule has 6 heteroatoms. The van der Waals surface area contributed by atoms with Gasteiger partial charge in [-0.2, -0.15) is 0 Å². The van der Waals surface area contributed by atoms with E-state index in [9.17, 15) is 4.79 Å². The monoisotopic (exact) mass is 253 g/mol. The van der Waals surface area contributed by atoms with E-state index in [0.29, 0.717) is 17.2 Å². The van der Waals surface area contributed by atoms with Gasteiger partial charge in [-0.05, 0) is 13.0 Å². The zero-order valence-corrected chi connectivity index (χ0v) is 10.7. The first-order chi connectivity index (χ1) is 8.58. The Balaban J connectivity index is 3.38. The number of carbonyl (C=O) groups excluding carboxylic acids is 1. The van der Waals surface area contributed by atoms with E-state index >= 15 is 0 Å². The third kappa shape index (κ3) is 2.53. The maximum Gasteiger partial charge on any atom is 0.214 e. The Morgan fingerprint density at radius 2 is 1.56 bits per heavy atom. The van der Waals surface area contributed by atoms with Gasteiger partial charge >= 0.3 is 0 Å². The van der Waals surface area contributed by atoms with Gasteiger partial charge in [0, 0.05) is 6.07 Å². The number of nitrogens with zero attached hydrogens (tertiary/aromatic N) is 1. The molecule has 0 radical (unpaired) electrons. The molecule has 1 aromatic carbocycles. The molecule has 0 atom stereocenters. The highest BCUT2D eigenvalue weighted by Crippen LogP contribution is 2.34. The molecule has 0 aliphatic rings. The Hall–Kier alpha value is -2.24. The summed E-state index contributed by atoms with van der Waals surface area (Å²) in [5, 5.41) is 11.5. The lowest BCUT2D eigenvalue weighted by Gasteiger charge is -2.13. The topological polar surface area (TPSA) is 77.4 Å². The van der Waals surface area contributed by atoms with E-state index in [0.717, 1.165) is 0 Å². The number of ketones is 1. The molecule has 0 saturated carbocycles. The molecule has 0 bridgehead atoms. The van der Waals surface area contributed by atoms with Crippen LogP contribution >= 0.6 is 0 Å². The molecule has 0 heterocycles. The Labute approximate surface area is 105 Å². The molecule has 0 fully saturated rings. The lowest BCUT2D eigenvalue weighted by atomic mass is 10.1. The van der Waals surface area contributed by atoms with Crippen LogP contribution in [0.15, 0.2) is 17.3 Å². The van der Waals surface area contributed by atoms with Crippen LogP contribution in [-0.2, 0) is 0 Å². The Kier molecular flexibility index (Phi) is 4.53. The fourth-order valence-electron chi connectivity index (χ4n) is 1.45. The second-order valence-electron chi connectivity index (χ2n) is 3.42. The van der Waals surface area contributed by atoms with Crippen LogP contribution in [-0.4, -0.2) is 38.0 Å². The standard InChI is InChI=1S/C12H15NO5/c1-7(13-15)12(14)8-5-10(17-3)11(18-4)6-9(8)16-2/h5-6,15H,1-4H3/b13-7+. The second-order valence-corrected chi connectivity index (χ2v) is 3.42. The van der Waals surface area contributed by atoms with Crippen molar-refractivity contribution in [3.05, 3.63) is 17.7 Å². The van der Waals surface area contributed by atoms with Crippen molar-refractivity contribution in [1.29, 1.82) is 0 Å². The SMILES string of the molecule is COc1cc(OC)c(C(=O)/C(C)=N/O)cc1OC. The molecule has 1 rings (SSSR count). The highest BCUT2D eigenvalue weighted by molar-refractivity contribution is 6.45. The third-order valence-electron chi connectivity index (χ3n) is 2.43. The predicted molar refractivity (Wildman–Crippen MR) is 65.3 cm³/mol. The van der Waals surface area contributed by atoms with Crippen LogP contribution in [0.3, 0.4) is 0 Å². The zero-order valence-electron chi connectivity index (χ0n) is 10.7. The van der Waals surface area contributed by atoms with E-state index in [1.54, 1.807) is 0 Å². The van der Waals surface area contributed by atoms with Gasteiger partial charge in [0.2, 0.25) is 5.78 Å². The third-order valence-corrected chi connectivity index (χ3v) is 2.43. The molecule has 0 spiro atoms. The molecule has 6 nitrogen and oxygen atoms in total. The summed E-state index contributed by atoms with van der Waals surface area (Å²) in [7, 11) is 4.38.